The molecule has 0 spiro atoms. The van der Waals surface area contributed by atoms with Crippen molar-refractivity contribution in [1.29, 1.82) is 0 Å². The molecule has 1 saturated heterocycles. The van der Waals surface area contributed by atoms with Crippen molar-refractivity contribution in [2.24, 2.45) is 0 Å². The fraction of sp³-hybridized carbons (Fsp3) is 0.467. The Morgan fingerprint density at radius 1 is 1.41 bits per heavy atom. The van der Waals surface area contributed by atoms with Gasteiger partial charge in [0.25, 0.3) is 5.91 Å². The summed E-state index contributed by atoms with van der Waals surface area (Å²) in [4.78, 5) is 22.5. The number of hydrogen-bond donors (Lipinski definition) is 0. The van der Waals surface area contributed by atoms with Gasteiger partial charge in [0.05, 0.1) is 18.4 Å². The van der Waals surface area contributed by atoms with E-state index in [1.165, 1.54) is 0 Å². The first-order chi connectivity index (χ1) is 10.6. The zero-order valence-electron chi connectivity index (χ0n) is 12.7. The van der Waals surface area contributed by atoms with Gasteiger partial charge in [0, 0.05) is 18.9 Å². The quantitative estimate of drug-likeness (QED) is 0.859. The van der Waals surface area contributed by atoms with E-state index in [4.69, 9.17) is 9.26 Å². The Labute approximate surface area is 128 Å². The molecule has 0 aromatic carbocycles. The number of aryl methyl sites for hydroxylation is 2. The van der Waals surface area contributed by atoms with Gasteiger partial charge in [-0.05, 0) is 26.7 Å². The summed E-state index contributed by atoms with van der Waals surface area (Å²) in [6.07, 6.45) is 6.47. The van der Waals surface area contributed by atoms with Crippen molar-refractivity contribution >= 4 is 5.91 Å². The van der Waals surface area contributed by atoms with Crippen molar-refractivity contribution in [2.75, 3.05) is 13.1 Å². The maximum absolute atomic E-state index is 12.6. The molecular weight excluding hydrogens is 284 g/mol. The van der Waals surface area contributed by atoms with E-state index in [1.807, 2.05) is 0 Å². The van der Waals surface area contributed by atoms with Gasteiger partial charge in [0.15, 0.2) is 0 Å². The van der Waals surface area contributed by atoms with Gasteiger partial charge in [-0.1, -0.05) is 5.16 Å². The van der Waals surface area contributed by atoms with Gasteiger partial charge in [-0.25, -0.2) is 4.98 Å². The van der Waals surface area contributed by atoms with Gasteiger partial charge in [-0.3, -0.25) is 9.78 Å². The zero-order valence-corrected chi connectivity index (χ0v) is 12.7. The molecular formula is C15H18N4O3. The van der Waals surface area contributed by atoms with Crippen LogP contribution in [0.3, 0.4) is 0 Å². The Balaban J connectivity index is 1.69. The Hall–Kier alpha value is -2.44. The lowest BCUT2D eigenvalue weighted by atomic mass is 10.1. The first-order valence-corrected chi connectivity index (χ1v) is 7.30. The van der Waals surface area contributed by atoms with E-state index in [-0.39, 0.29) is 12.0 Å². The minimum absolute atomic E-state index is 0.0521. The number of hydrogen-bond acceptors (Lipinski definition) is 6. The summed E-state index contributed by atoms with van der Waals surface area (Å²) in [5.41, 5.74) is 1.18. The molecule has 3 heterocycles. The van der Waals surface area contributed by atoms with Gasteiger partial charge in [-0.15, -0.1) is 0 Å². The summed E-state index contributed by atoms with van der Waals surface area (Å²) >= 11 is 0. The molecule has 22 heavy (non-hydrogen) atoms. The molecule has 1 aliphatic heterocycles. The lowest BCUT2D eigenvalue weighted by molar-refractivity contribution is 0.0524. The largest absolute Gasteiger partial charge is 0.471 e. The normalized spacial score (nSPS) is 18.3. The average Bonchev–Trinajstić information content (AvgIpc) is 2.87. The van der Waals surface area contributed by atoms with Crippen molar-refractivity contribution < 1.29 is 14.1 Å². The summed E-state index contributed by atoms with van der Waals surface area (Å²) in [5.74, 6) is 0.988. The fourth-order valence-corrected chi connectivity index (χ4v) is 2.68. The van der Waals surface area contributed by atoms with Crippen LogP contribution in [0.1, 0.15) is 34.7 Å². The average molecular weight is 302 g/mol. The number of amides is 1. The molecule has 7 nitrogen and oxygen atoms in total. The van der Waals surface area contributed by atoms with E-state index < -0.39 is 0 Å². The molecule has 116 valence electrons. The van der Waals surface area contributed by atoms with Gasteiger partial charge in [-0.2, -0.15) is 0 Å². The maximum atomic E-state index is 12.6. The summed E-state index contributed by atoms with van der Waals surface area (Å²) in [6.45, 7) is 4.77. The SMILES string of the molecule is Cc1noc(C)c1C(=O)N1CCC[C@H](Oc2cnccn2)C1. The molecule has 1 amide bonds. The zero-order chi connectivity index (χ0) is 15.5. The number of carbonyl (C=O) groups excluding carboxylic acids is 1. The third-order valence-corrected chi connectivity index (χ3v) is 3.74. The van der Waals surface area contributed by atoms with Crippen LogP contribution in [0.15, 0.2) is 23.1 Å². The second-order valence-electron chi connectivity index (χ2n) is 5.38. The highest BCUT2D eigenvalue weighted by molar-refractivity contribution is 5.96. The molecule has 0 radical (unpaired) electrons. The molecule has 1 aliphatic rings. The summed E-state index contributed by atoms with van der Waals surface area (Å²) in [7, 11) is 0. The van der Waals surface area contributed by atoms with Crippen LogP contribution in [0.25, 0.3) is 0 Å². The molecule has 7 heteroatoms. The van der Waals surface area contributed by atoms with Crippen LogP contribution in [0.4, 0.5) is 0 Å². The first-order valence-electron chi connectivity index (χ1n) is 7.30. The lowest BCUT2D eigenvalue weighted by Crippen LogP contribution is -2.44. The first kappa shape index (κ1) is 14.5. The molecule has 0 unspecified atom stereocenters. The molecule has 0 saturated carbocycles. The predicted octanol–water partition coefficient (Wildman–Crippen LogP) is 1.77. The van der Waals surface area contributed by atoms with Crippen LogP contribution in [0, 0.1) is 13.8 Å². The second kappa shape index (κ2) is 6.13. The number of aromatic nitrogens is 3. The Morgan fingerprint density at radius 2 is 2.27 bits per heavy atom. The predicted molar refractivity (Wildman–Crippen MR) is 77.6 cm³/mol. The van der Waals surface area contributed by atoms with E-state index in [1.54, 1.807) is 37.3 Å². The topological polar surface area (TPSA) is 81.4 Å². The van der Waals surface area contributed by atoms with Crippen LogP contribution in [0.5, 0.6) is 5.88 Å². The summed E-state index contributed by atoms with van der Waals surface area (Å²) in [6, 6.07) is 0. The number of rotatable bonds is 3. The van der Waals surface area contributed by atoms with Crippen LogP contribution >= 0.6 is 0 Å². The molecule has 0 bridgehead atoms. The summed E-state index contributed by atoms with van der Waals surface area (Å²) < 4.78 is 10.9. The van der Waals surface area contributed by atoms with Crippen LogP contribution in [0.2, 0.25) is 0 Å². The highest BCUT2D eigenvalue weighted by Crippen LogP contribution is 2.20. The van der Waals surface area contributed by atoms with E-state index >= 15 is 0 Å². The lowest BCUT2D eigenvalue weighted by Gasteiger charge is -2.32. The molecule has 1 atom stereocenters. The highest BCUT2D eigenvalue weighted by atomic mass is 16.5. The van der Waals surface area contributed by atoms with Gasteiger partial charge >= 0.3 is 0 Å². The Kier molecular flexibility index (Phi) is 4.04. The molecule has 0 aliphatic carbocycles. The second-order valence-corrected chi connectivity index (χ2v) is 5.38. The highest BCUT2D eigenvalue weighted by Gasteiger charge is 2.29. The smallest absolute Gasteiger partial charge is 0.259 e. The van der Waals surface area contributed by atoms with Crippen molar-refractivity contribution in [3.63, 3.8) is 0 Å². The summed E-state index contributed by atoms with van der Waals surface area (Å²) in [5, 5.41) is 3.85. The van der Waals surface area contributed by atoms with Crippen molar-refractivity contribution in [2.45, 2.75) is 32.8 Å². The van der Waals surface area contributed by atoms with Gasteiger partial charge in [0.2, 0.25) is 5.88 Å². The van der Waals surface area contributed by atoms with Crippen LogP contribution < -0.4 is 4.74 Å². The third-order valence-electron chi connectivity index (χ3n) is 3.74. The van der Waals surface area contributed by atoms with Crippen molar-refractivity contribution in [3.05, 3.63) is 35.6 Å². The number of likely N-dealkylation sites (tertiary alicyclic amines) is 1. The number of piperidine rings is 1. The Morgan fingerprint density at radius 3 is 2.95 bits per heavy atom. The monoisotopic (exact) mass is 302 g/mol. The number of ether oxygens (including phenoxy) is 1. The standard InChI is InChI=1S/C15H18N4O3/c1-10-14(11(2)22-18-10)15(20)19-7-3-4-12(9-19)21-13-8-16-5-6-17-13/h5-6,8,12H,3-4,7,9H2,1-2H3/t12-/m0/s1. The third kappa shape index (κ3) is 2.93. The number of nitrogens with zero attached hydrogens (tertiary/aromatic N) is 4. The molecule has 0 N–H and O–H groups in total. The minimum atomic E-state index is -0.0742. The van der Waals surface area contributed by atoms with E-state index in [0.717, 1.165) is 12.8 Å². The van der Waals surface area contributed by atoms with Crippen molar-refractivity contribution in [3.8, 4) is 5.88 Å². The molecule has 1 fully saturated rings. The molecule has 2 aromatic heterocycles. The van der Waals surface area contributed by atoms with E-state index in [0.29, 0.717) is 36.0 Å². The van der Waals surface area contributed by atoms with E-state index in [2.05, 4.69) is 15.1 Å². The van der Waals surface area contributed by atoms with Gasteiger partial charge in [0.1, 0.15) is 17.4 Å². The minimum Gasteiger partial charge on any atom is -0.471 e. The van der Waals surface area contributed by atoms with Crippen LogP contribution in [-0.2, 0) is 0 Å². The van der Waals surface area contributed by atoms with Crippen molar-refractivity contribution in [1.82, 2.24) is 20.0 Å². The fourth-order valence-electron chi connectivity index (χ4n) is 2.68. The van der Waals surface area contributed by atoms with Crippen LogP contribution in [-0.4, -0.2) is 45.1 Å². The van der Waals surface area contributed by atoms with E-state index in [9.17, 15) is 4.79 Å². The maximum Gasteiger partial charge on any atom is 0.259 e. The number of carbonyl (C=O) groups is 1. The molecule has 2 aromatic rings. The van der Waals surface area contributed by atoms with Gasteiger partial charge < -0.3 is 14.2 Å². The molecule has 3 rings (SSSR count). The Bertz CT molecular complexity index is 637.